The molecule has 0 aliphatic carbocycles. The topological polar surface area (TPSA) is 32.7 Å². The summed E-state index contributed by atoms with van der Waals surface area (Å²) in [4.78, 5) is 2.28. The molecule has 0 unspecified atom stereocenters. The normalized spacial score (nSPS) is 22.1. The molecule has 0 aromatic heterocycles. The summed E-state index contributed by atoms with van der Waals surface area (Å²) in [6.07, 6.45) is 2.09. The average Bonchev–Trinajstić information content (AvgIpc) is 2.05. The molecular formula is C7H16BNO2. The Morgan fingerprint density at radius 1 is 1.45 bits per heavy atom. The molecule has 0 bridgehead atoms. The van der Waals surface area contributed by atoms with Gasteiger partial charge in [-0.1, -0.05) is 0 Å². The van der Waals surface area contributed by atoms with Crippen molar-refractivity contribution in [2.24, 2.45) is 0 Å². The maximum Gasteiger partial charge on any atom is 0.457 e. The van der Waals surface area contributed by atoms with Crippen LogP contribution < -0.4 is 0 Å². The van der Waals surface area contributed by atoms with E-state index in [0.717, 1.165) is 25.9 Å². The quantitative estimate of drug-likeness (QED) is 0.581. The van der Waals surface area contributed by atoms with Gasteiger partial charge in [0.15, 0.2) is 0 Å². The third-order valence-electron chi connectivity index (χ3n) is 2.41. The summed E-state index contributed by atoms with van der Waals surface area (Å²) < 4.78 is 4.86. The second-order valence-corrected chi connectivity index (χ2v) is 3.27. The van der Waals surface area contributed by atoms with E-state index in [4.69, 9.17) is 4.65 Å². The van der Waals surface area contributed by atoms with Crippen molar-refractivity contribution in [3.05, 3.63) is 0 Å². The summed E-state index contributed by atoms with van der Waals surface area (Å²) in [6, 6.07) is 0. The van der Waals surface area contributed by atoms with Crippen LogP contribution in [0.2, 0.25) is 5.82 Å². The van der Waals surface area contributed by atoms with Crippen molar-refractivity contribution >= 4 is 7.12 Å². The Bertz CT molecular complexity index is 115. The summed E-state index contributed by atoms with van der Waals surface area (Å²) >= 11 is 0. The minimum atomic E-state index is -0.552. The van der Waals surface area contributed by atoms with Crippen molar-refractivity contribution in [3.8, 4) is 0 Å². The fraction of sp³-hybridized carbons (Fsp3) is 1.00. The predicted octanol–water partition coefficient (Wildman–Crippen LogP) is 0.209. The van der Waals surface area contributed by atoms with Crippen LogP contribution in [0.3, 0.4) is 0 Å². The number of rotatable bonds is 2. The number of hydrogen-bond donors (Lipinski definition) is 1. The maximum absolute atomic E-state index is 9.33. The van der Waals surface area contributed by atoms with Gasteiger partial charge in [0.25, 0.3) is 0 Å². The molecule has 0 atom stereocenters. The number of likely N-dealkylation sites (tertiary alicyclic amines) is 1. The van der Waals surface area contributed by atoms with Gasteiger partial charge in [-0.3, -0.25) is 0 Å². The molecule has 1 saturated heterocycles. The molecule has 1 aliphatic rings. The van der Waals surface area contributed by atoms with Crippen LogP contribution in [0.25, 0.3) is 0 Å². The molecule has 1 rings (SSSR count). The first-order valence-electron chi connectivity index (χ1n) is 4.13. The average molecular weight is 157 g/mol. The molecule has 0 amide bonds. The lowest BCUT2D eigenvalue weighted by Gasteiger charge is -2.29. The van der Waals surface area contributed by atoms with E-state index in [1.54, 1.807) is 7.11 Å². The molecular weight excluding hydrogens is 141 g/mol. The third-order valence-corrected chi connectivity index (χ3v) is 2.41. The SMILES string of the molecule is COB(O)C1CCN(C)CC1. The Hall–Kier alpha value is -0.0551. The van der Waals surface area contributed by atoms with Crippen molar-refractivity contribution in [2.75, 3.05) is 27.2 Å². The number of hydrogen-bond acceptors (Lipinski definition) is 3. The van der Waals surface area contributed by atoms with E-state index in [2.05, 4.69) is 11.9 Å². The highest BCUT2D eigenvalue weighted by molar-refractivity contribution is 6.44. The van der Waals surface area contributed by atoms with E-state index < -0.39 is 7.12 Å². The van der Waals surface area contributed by atoms with Gasteiger partial charge >= 0.3 is 7.12 Å². The maximum atomic E-state index is 9.33. The van der Waals surface area contributed by atoms with Crippen LogP contribution in [0.4, 0.5) is 0 Å². The summed E-state index contributed by atoms with van der Waals surface area (Å²) in [5.41, 5.74) is 0. The van der Waals surface area contributed by atoms with E-state index in [0.29, 0.717) is 5.82 Å². The van der Waals surface area contributed by atoms with E-state index in [1.807, 2.05) is 0 Å². The zero-order valence-corrected chi connectivity index (χ0v) is 7.29. The van der Waals surface area contributed by atoms with Gasteiger partial charge in [-0.05, 0) is 38.8 Å². The van der Waals surface area contributed by atoms with E-state index in [-0.39, 0.29) is 0 Å². The van der Waals surface area contributed by atoms with Crippen LogP contribution in [0.1, 0.15) is 12.8 Å². The Balaban J connectivity index is 2.27. The van der Waals surface area contributed by atoms with Crippen LogP contribution in [0.15, 0.2) is 0 Å². The van der Waals surface area contributed by atoms with Crippen LogP contribution in [-0.2, 0) is 4.65 Å². The lowest BCUT2D eigenvalue weighted by atomic mass is 9.67. The molecule has 3 nitrogen and oxygen atoms in total. The molecule has 0 aromatic rings. The van der Waals surface area contributed by atoms with Crippen molar-refractivity contribution in [1.29, 1.82) is 0 Å². The first kappa shape index (κ1) is 9.04. The summed E-state index contributed by atoms with van der Waals surface area (Å²) in [5, 5.41) is 9.33. The van der Waals surface area contributed by atoms with Crippen LogP contribution in [0.5, 0.6) is 0 Å². The summed E-state index contributed by atoms with van der Waals surface area (Å²) in [5.74, 6) is 0.344. The van der Waals surface area contributed by atoms with E-state index >= 15 is 0 Å². The molecule has 1 N–H and O–H groups in total. The number of piperidine rings is 1. The Kier molecular flexibility index (Phi) is 3.36. The molecule has 0 aromatic carbocycles. The molecule has 1 fully saturated rings. The van der Waals surface area contributed by atoms with Crippen molar-refractivity contribution in [2.45, 2.75) is 18.7 Å². The molecule has 0 radical (unpaired) electrons. The first-order chi connectivity index (χ1) is 5.24. The fourth-order valence-electron chi connectivity index (χ4n) is 1.51. The third kappa shape index (κ3) is 2.47. The van der Waals surface area contributed by atoms with Crippen LogP contribution in [-0.4, -0.2) is 44.3 Å². The predicted molar refractivity (Wildman–Crippen MR) is 45.5 cm³/mol. The van der Waals surface area contributed by atoms with Gasteiger partial charge in [0.1, 0.15) is 0 Å². The van der Waals surface area contributed by atoms with Gasteiger partial charge in [-0.15, -0.1) is 0 Å². The summed E-state index contributed by atoms with van der Waals surface area (Å²) in [6.45, 7) is 2.15. The molecule has 0 spiro atoms. The van der Waals surface area contributed by atoms with E-state index in [1.165, 1.54) is 0 Å². The zero-order valence-electron chi connectivity index (χ0n) is 7.29. The van der Waals surface area contributed by atoms with Crippen LogP contribution >= 0.6 is 0 Å². The van der Waals surface area contributed by atoms with Crippen molar-refractivity contribution in [3.63, 3.8) is 0 Å². The lowest BCUT2D eigenvalue weighted by molar-refractivity contribution is 0.239. The van der Waals surface area contributed by atoms with Gasteiger partial charge in [0, 0.05) is 7.11 Å². The van der Waals surface area contributed by atoms with Crippen LogP contribution in [0, 0.1) is 0 Å². The largest absolute Gasteiger partial charge is 0.457 e. The first-order valence-corrected chi connectivity index (χ1v) is 4.13. The Morgan fingerprint density at radius 2 is 2.00 bits per heavy atom. The van der Waals surface area contributed by atoms with Gasteiger partial charge in [0.05, 0.1) is 0 Å². The molecule has 64 valence electrons. The standard InChI is InChI=1S/C7H16BNO2/c1-9-5-3-7(4-6-9)8(10)11-2/h7,10H,3-6H2,1-2H3. The highest BCUT2D eigenvalue weighted by Gasteiger charge is 2.28. The molecule has 1 aliphatic heterocycles. The van der Waals surface area contributed by atoms with Gasteiger partial charge in [-0.2, -0.15) is 0 Å². The highest BCUT2D eigenvalue weighted by Crippen LogP contribution is 2.23. The molecule has 11 heavy (non-hydrogen) atoms. The van der Waals surface area contributed by atoms with E-state index in [9.17, 15) is 5.02 Å². The lowest BCUT2D eigenvalue weighted by Crippen LogP contribution is -2.35. The van der Waals surface area contributed by atoms with Gasteiger partial charge in [-0.25, -0.2) is 0 Å². The molecule has 4 heteroatoms. The summed E-state index contributed by atoms with van der Waals surface area (Å²) in [7, 11) is 3.11. The number of nitrogens with zero attached hydrogens (tertiary/aromatic N) is 1. The Morgan fingerprint density at radius 3 is 2.45 bits per heavy atom. The van der Waals surface area contributed by atoms with Gasteiger partial charge < -0.3 is 14.6 Å². The second kappa shape index (κ2) is 4.09. The fourth-order valence-corrected chi connectivity index (χ4v) is 1.51. The highest BCUT2D eigenvalue weighted by atomic mass is 16.5. The minimum absolute atomic E-state index is 0.344. The minimum Gasteiger partial charge on any atom is -0.427 e. The van der Waals surface area contributed by atoms with Gasteiger partial charge in [0.2, 0.25) is 0 Å². The Labute approximate surface area is 68.5 Å². The zero-order chi connectivity index (χ0) is 8.27. The van der Waals surface area contributed by atoms with Crippen molar-refractivity contribution in [1.82, 2.24) is 4.90 Å². The second-order valence-electron chi connectivity index (χ2n) is 3.27. The van der Waals surface area contributed by atoms with Crippen molar-refractivity contribution < 1.29 is 9.68 Å². The molecule has 0 saturated carbocycles. The monoisotopic (exact) mass is 157 g/mol. The smallest absolute Gasteiger partial charge is 0.427 e. The molecule has 1 heterocycles.